The normalized spacial score (nSPS) is 15.6. The quantitative estimate of drug-likeness (QED) is 0.796. The van der Waals surface area contributed by atoms with Gasteiger partial charge in [-0.3, -0.25) is 4.21 Å². The van der Waals surface area contributed by atoms with Crippen LogP contribution in [0.5, 0.6) is 0 Å². The van der Waals surface area contributed by atoms with Gasteiger partial charge in [-0.05, 0) is 19.1 Å². The first-order valence-electron chi connectivity index (χ1n) is 3.53. The molecule has 0 radical (unpaired) electrons. The summed E-state index contributed by atoms with van der Waals surface area (Å²) in [6, 6.07) is 7.02. The first kappa shape index (κ1) is 9.71. The van der Waals surface area contributed by atoms with E-state index in [2.05, 4.69) is 0 Å². The summed E-state index contributed by atoms with van der Waals surface area (Å²) in [4.78, 5) is 0.606. The molecule has 0 saturated heterocycles. The van der Waals surface area contributed by atoms with E-state index >= 15 is 0 Å². The van der Waals surface area contributed by atoms with Gasteiger partial charge in [0.05, 0.1) is 26.1 Å². The van der Waals surface area contributed by atoms with Crippen molar-refractivity contribution in [3.63, 3.8) is 0 Å². The lowest BCUT2D eigenvalue weighted by molar-refractivity contribution is 0.675. The summed E-state index contributed by atoms with van der Waals surface area (Å²) in [6.45, 7) is 1.69. The maximum atomic E-state index is 11.5. The van der Waals surface area contributed by atoms with Crippen molar-refractivity contribution in [3.05, 3.63) is 29.3 Å². The van der Waals surface area contributed by atoms with Crippen LogP contribution in [0.15, 0.2) is 29.2 Å². The van der Waals surface area contributed by atoms with E-state index in [-0.39, 0.29) is 5.37 Å². The van der Waals surface area contributed by atoms with Gasteiger partial charge in [0.1, 0.15) is 0 Å². The number of nitrogens with two attached hydrogens (primary N) is 1. The van der Waals surface area contributed by atoms with Crippen LogP contribution in [0.3, 0.4) is 0 Å². The van der Waals surface area contributed by atoms with Gasteiger partial charge in [0, 0.05) is 0 Å². The summed E-state index contributed by atoms with van der Waals surface area (Å²) < 4.78 is 11.5. The lowest BCUT2D eigenvalue weighted by Gasteiger charge is -2.06. The molecule has 1 rings (SSSR count). The molecule has 0 amide bonds. The van der Waals surface area contributed by atoms with Crippen molar-refractivity contribution in [1.29, 1.82) is 0 Å². The van der Waals surface area contributed by atoms with E-state index in [0.717, 1.165) is 0 Å². The molecule has 0 aromatic heterocycles. The summed E-state index contributed by atoms with van der Waals surface area (Å²) in [5.41, 5.74) is 5.48. The Morgan fingerprint density at radius 2 is 2.08 bits per heavy atom. The molecule has 2 unspecified atom stereocenters. The zero-order chi connectivity index (χ0) is 9.14. The minimum atomic E-state index is -1.20. The molecule has 2 N–H and O–H groups in total. The van der Waals surface area contributed by atoms with Gasteiger partial charge in [-0.2, -0.15) is 0 Å². The maximum absolute atomic E-state index is 11.5. The molecule has 0 saturated carbocycles. The molecule has 0 aliphatic rings. The Hall–Kier alpha value is -0.380. The largest absolute Gasteiger partial charge is 0.317 e. The number of hydrogen-bond donors (Lipinski definition) is 1. The van der Waals surface area contributed by atoms with Crippen molar-refractivity contribution in [1.82, 2.24) is 0 Å². The van der Waals surface area contributed by atoms with Crippen LogP contribution in [-0.2, 0) is 10.8 Å². The van der Waals surface area contributed by atoms with Crippen LogP contribution in [0.1, 0.15) is 6.92 Å². The van der Waals surface area contributed by atoms with Gasteiger partial charge >= 0.3 is 0 Å². The van der Waals surface area contributed by atoms with Crippen molar-refractivity contribution in [2.24, 2.45) is 5.73 Å². The molecule has 66 valence electrons. The van der Waals surface area contributed by atoms with Gasteiger partial charge in [-0.25, -0.2) is 0 Å². The first-order chi connectivity index (χ1) is 5.63. The fourth-order valence-corrected chi connectivity index (χ4v) is 2.05. The Kier molecular flexibility index (Phi) is 3.26. The minimum Gasteiger partial charge on any atom is -0.317 e. The molecule has 1 aromatic rings. The van der Waals surface area contributed by atoms with Crippen LogP contribution in [0.2, 0.25) is 5.02 Å². The van der Waals surface area contributed by atoms with Gasteiger partial charge in [-0.15, -0.1) is 0 Å². The topological polar surface area (TPSA) is 43.1 Å². The third kappa shape index (κ3) is 2.06. The predicted octanol–water partition coefficient (Wildman–Crippen LogP) is 1.75. The molecule has 1 aromatic carbocycles. The standard InChI is InChI=1S/C8H10ClNOS/c1-6(10)12(11)8-5-3-2-4-7(8)9/h2-6H,10H2,1H3. The van der Waals surface area contributed by atoms with Crippen LogP contribution >= 0.6 is 11.6 Å². The molecule has 2 nitrogen and oxygen atoms in total. The van der Waals surface area contributed by atoms with Gasteiger partial charge in [0.2, 0.25) is 0 Å². The number of halogens is 1. The third-order valence-electron chi connectivity index (χ3n) is 1.39. The highest BCUT2D eigenvalue weighted by Gasteiger charge is 2.10. The smallest absolute Gasteiger partial charge is 0.0829 e. The van der Waals surface area contributed by atoms with Crippen molar-refractivity contribution in [2.75, 3.05) is 0 Å². The molecular formula is C8H10ClNOS. The summed E-state index contributed by atoms with van der Waals surface area (Å²) in [7, 11) is -1.20. The lowest BCUT2D eigenvalue weighted by Crippen LogP contribution is -2.21. The molecule has 4 heteroatoms. The minimum absolute atomic E-state index is 0.384. The highest BCUT2D eigenvalue weighted by atomic mass is 35.5. The highest BCUT2D eigenvalue weighted by molar-refractivity contribution is 7.85. The number of hydrogen-bond acceptors (Lipinski definition) is 2. The van der Waals surface area contributed by atoms with Crippen molar-refractivity contribution < 1.29 is 4.21 Å². The third-order valence-corrected chi connectivity index (χ3v) is 3.30. The number of benzene rings is 1. The van der Waals surface area contributed by atoms with E-state index < -0.39 is 10.8 Å². The number of rotatable bonds is 2. The van der Waals surface area contributed by atoms with E-state index in [4.69, 9.17) is 17.3 Å². The highest BCUT2D eigenvalue weighted by Crippen LogP contribution is 2.19. The summed E-state index contributed by atoms with van der Waals surface area (Å²) >= 11 is 5.81. The molecule has 0 aliphatic carbocycles. The average Bonchev–Trinajstić information content (AvgIpc) is 2.04. The summed E-state index contributed by atoms with van der Waals surface area (Å²) in [5.74, 6) is 0. The molecular weight excluding hydrogens is 194 g/mol. The molecule has 12 heavy (non-hydrogen) atoms. The zero-order valence-electron chi connectivity index (χ0n) is 6.66. The van der Waals surface area contributed by atoms with E-state index in [1.807, 2.05) is 0 Å². The summed E-state index contributed by atoms with van der Waals surface area (Å²) in [5, 5.41) is 0.123. The Labute approximate surface area is 79.2 Å². The molecule has 0 bridgehead atoms. The van der Waals surface area contributed by atoms with Crippen molar-refractivity contribution >= 4 is 22.4 Å². The van der Waals surface area contributed by atoms with Gasteiger partial charge in [0.15, 0.2) is 0 Å². The summed E-state index contributed by atoms with van der Waals surface area (Å²) in [6.07, 6.45) is 0. The second-order valence-electron chi connectivity index (χ2n) is 2.43. The van der Waals surface area contributed by atoms with Crippen LogP contribution < -0.4 is 5.73 Å². The van der Waals surface area contributed by atoms with E-state index in [9.17, 15) is 4.21 Å². The average molecular weight is 204 g/mol. The van der Waals surface area contributed by atoms with Gasteiger partial charge in [-0.1, -0.05) is 23.7 Å². The fourth-order valence-electron chi connectivity index (χ4n) is 0.808. The van der Waals surface area contributed by atoms with Crippen LogP contribution in [0.4, 0.5) is 0 Å². The van der Waals surface area contributed by atoms with Crippen LogP contribution in [0, 0.1) is 0 Å². The van der Waals surface area contributed by atoms with Crippen molar-refractivity contribution in [3.8, 4) is 0 Å². The Morgan fingerprint density at radius 3 is 2.58 bits per heavy atom. The maximum Gasteiger partial charge on any atom is 0.0829 e. The predicted molar refractivity (Wildman–Crippen MR) is 51.5 cm³/mol. The second kappa shape index (κ2) is 4.03. The molecule has 0 fully saturated rings. The van der Waals surface area contributed by atoms with E-state index in [0.29, 0.717) is 9.92 Å². The first-order valence-corrected chi connectivity index (χ1v) is 5.12. The van der Waals surface area contributed by atoms with Crippen LogP contribution in [0.25, 0.3) is 0 Å². The molecule has 0 aliphatic heterocycles. The molecule has 0 spiro atoms. The Morgan fingerprint density at radius 1 is 1.50 bits per heavy atom. The molecule has 2 atom stereocenters. The lowest BCUT2D eigenvalue weighted by atomic mass is 10.4. The SMILES string of the molecule is CC(N)S(=O)c1ccccc1Cl. The molecule has 0 heterocycles. The van der Waals surface area contributed by atoms with Crippen molar-refractivity contribution in [2.45, 2.75) is 17.2 Å². The van der Waals surface area contributed by atoms with Gasteiger partial charge < -0.3 is 5.73 Å². The fraction of sp³-hybridized carbons (Fsp3) is 0.250. The Balaban J connectivity index is 3.03. The van der Waals surface area contributed by atoms with E-state index in [1.165, 1.54) is 0 Å². The second-order valence-corrected chi connectivity index (χ2v) is 4.62. The monoisotopic (exact) mass is 203 g/mol. The zero-order valence-corrected chi connectivity index (χ0v) is 8.23. The van der Waals surface area contributed by atoms with Crippen LogP contribution in [-0.4, -0.2) is 9.58 Å². The van der Waals surface area contributed by atoms with Gasteiger partial charge in [0.25, 0.3) is 0 Å². The van der Waals surface area contributed by atoms with E-state index in [1.54, 1.807) is 31.2 Å². The Bertz CT molecular complexity index is 301.